The number of rotatable bonds is 3. The van der Waals surface area contributed by atoms with Gasteiger partial charge in [0.05, 0.1) is 11.1 Å². The van der Waals surface area contributed by atoms with Gasteiger partial charge in [0.1, 0.15) is 5.69 Å². The summed E-state index contributed by atoms with van der Waals surface area (Å²) in [5.74, 6) is -0.184. The first-order valence-corrected chi connectivity index (χ1v) is 5.41. The highest BCUT2D eigenvalue weighted by atomic mass is 35.5. The summed E-state index contributed by atoms with van der Waals surface area (Å²) in [4.78, 5) is 26.3. The van der Waals surface area contributed by atoms with Crippen molar-refractivity contribution in [2.24, 2.45) is 0 Å². The van der Waals surface area contributed by atoms with Crippen LogP contribution >= 0.6 is 12.4 Å². The normalized spacial score (nSPS) is 18.5. The van der Waals surface area contributed by atoms with Gasteiger partial charge in [-0.1, -0.05) is 0 Å². The van der Waals surface area contributed by atoms with E-state index in [-0.39, 0.29) is 29.7 Å². The lowest BCUT2D eigenvalue weighted by Crippen LogP contribution is -2.33. The van der Waals surface area contributed by atoms with E-state index >= 15 is 0 Å². The Bertz CT molecular complexity index is 448. The average molecular weight is 275 g/mol. The number of likely N-dealkylation sites (tertiary alicyclic amines) is 1. The molecule has 7 nitrogen and oxygen atoms in total. The second-order valence-electron chi connectivity index (χ2n) is 4.05. The van der Waals surface area contributed by atoms with Crippen molar-refractivity contribution in [1.29, 1.82) is 0 Å². The van der Waals surface area contributed by atoms with Crippen molar-refractivity contribution < 1.29 is 9.72 Å². The number of hydrogen-bond acceptors (Lipinski definition) is 4. The molecule has 0 radical (unpaired) electrons. The van der Waals surface area contributed by atoms with Crippen LogP contribution in [0.2, 0.25) is 0 Å². The Balaban J connectivity index is 0.00000162. The van der Waals surface area contributed by atoms with Crippen LogP contribution < -0.4 is 5.32 Å². The molecule has 2 rings (SSSR count). The van der Waals surface area contributed by atoms with E-state index in [1.54, 1.807) is 4.90 Å². The minimum absolute atomic E-state index is 0. The van der Waals surface area contributed by atoms with E-state index in [9.17, 15) is 14.9 Å². The fraction of sp³-hybridized carbons (Fsp3) is 0.500. The van der Waals surface area contributed by atoms with Gasteiger partial charge in [-0.15, -0.1) is 12.4 Å². The number of likely N-dealkylation sites (N-methyl/N-ethyl adjacent to an activating group) is 1. The average Bonchev–Trinajstić information content (AvgIpc) is 2.97. The Kier molecular flexibility index (Phi) is 4.69. The third-order valence-corrected chi connectivity index (χ3v) is 2.99. The molecule has 0 aliphatic carbocycles. The number of amides is 1. The van der Waals surface area contributed by atoms with Gasteiger partial charge in [-0.05, 0) is 13.5 Å². The highest BCUT2D eigenvalue weighted by Crippen LogP contribution is 2.17. The van der Waals surface area contributed by atoms with Crippen molar-refractivity contribution in [3.05, 3.63) is 28.1 Å². The molecule has 1 unspecified atom stereocenters. The van der Waals surface area contributed by atoms with E-state index < -0.39 is 4.92 Å². The van der Waals surface area contributed by atoms with Crippen molar-refractivity contribution in [2.45, 2.75) is 12.5 Å². The molecule has 18 heavy (non-hydrogen) atoms. The van der Waals surface area contributed by atoms with Crippen LogP contribution in [-0.2, 0) is 0 Å². The monoisotopic (exact) mass is 274 g/mol. The van der Waals surface area contributed by atoms with E-state index in [0.717, 1.165) is 6.42 Å². The van der Waals surface area contributed by atoms with E-state index in [1.165, 1.54) is 12.3 Å². The van der Waals surface area contributed by atoms with Gasteiger partial charge in [-0.3, -0.25) is 14.9 Å². The summed E-state index contributed by atoms with van der Waals surface area (Å²) >= 11 is 0. The van der Waals surface area contributed by atoms with E-state index in [2.05, 4.69) is 10.3 Å². The molecule has 100 valence electrons. The zero-order valence-corrected chi connectivity index (χ0v) is 10.7. The summed E-state index contributed by atoms with van der Waals surface area (Å²) in [5, 5.41) is 13.6. The lowest BCUT2D eigenvalue weighted by molar-refractivity contribution is -0.384. The molecule has 1 aromatic rings. The van der Waals surface area contributed by atoms with Crippen LogP contribution in [0.25, 0.3) is 0 Å². The first kappa shape index (κ1) is 14.5. The molecule has 0 spiro atoms. The van der Waals surface area contributed by atoms with Crippen molar-refractivity contribution in [3.8, 4) is 0 Å². The smallest absolute Gasteiger partial charge is 0.287 e. The number of aromatic nitrogens is 1. The Morgan fingerprint density at radius 3 is 2.89 bits per heavy atom. The predicted molar refractivity (Wildman–Crippen MR) is 68.1 cm³/mol. The van der Waals surface area contributed by atoms with Gasteiger partial charge in [-0.2, -0.15) is 0 Å². The Morgan fingerprint density at radius 2 is 2.39 bits per heavy atom. The van der Waals surface area contributed by atoms with Crippen LogP contribution in [0, 0.1) is 10.1 Å². The fourth-order valence-electron chi connectivity index (χ4n) is 1.96. The maximum Gasteiger partial charge on any atom is 0.287 e. The SMILES string of the molecule is CNC1CCN(C(=O)c2cc([N+](=O)[O-])c[nH]2)C1.Cl. The molecule has 1 aliphatic rings. The quantitative estimate of drug-likeness (QED) is 0.629. The summed E-state index contributed by atoms with van der Waals surface area (Å²) in [6.45, 7) is 1.32. The molecule has 0 bridgehead atoms. The highest BCUT2D eigenvalue weighted by Gasteiger charge is 2.27. The maximum atomic E-state index is 12.0. The van der Waals surface area contributed by atoms with Gasteiger partial charge in [0.2, 0.25) is 0 Å². The Labute approximate surface area is 110 Å². The predicted octanol–water partition coefficient (Wildman–Crippen LogP) is 0.779. The van der Waals surface area contributed by atoms with Crippen LogP contribution in [0.4, 0.5) is 5.69 Å². The maximum absolute atomic E-state index is 12.0. The van der Waals surface area contributed by atoms with Crippen LogP contribution in [-0.4, -0.2) is 46.9 Å². The van der Waals surface area contributed by atoms with E-state index in [1.807, 2.05) is 7.05 Å². The number of carbonyl (C=O) groups is 1. The van der Waals surface area contributed by atoms with Crippen LogP contribution in [0.1, 0.15) is 16.9 Å². The molecule has 2 N–H and O–H groups in total. The van der Waals surface area contributed by atoms with Crippen molar-refractivity contribution in [2.75, 3.05) is 20.1 Å². The number of H-pyrrole nitrogens is 1. The standard InChI is InChI=1S/C10H14N4O3.ClH/c1-11-7-2-3-13(6-7)10(15)9-4-8(5-12-9)14(16)17;/h4-5,7,11-12H,2-3,6H2,1H3;1H. The zero-order valence-electron chi connectivity index (χ0n) is 9.88. The molecule has 1 fully saturated rings. The van der Waals surface area contributed by atoms with Gasteiger partial charge in [0, 0.05) is 25.2 Å². The van der Waals surface area contributed by atoms with Gasteiger partial charge < -0.3 is 15.2 Å². The summed E-state index contributed by atoms with van der Waals surface area (Å²) in [6, 6.07) is 1.58. The lowest BCUT2D eigenvalue weighted by atomic mass is 10.3. The third-order valence-electron chi connectivity index (χ3n) is 2.99. The van der Waals surface area contributed by atoms with Crippen LogP contribution in [0.5, 0.6) is 0 Å². The second-order valence-corrected chi connectivity index (χ2v) is 4.05. The van der Waals surface area contributed by atoms with Gasteiger partial charge in [0.25, 0.3) is 11.6 Å². The van der Waals surface area contributed by atoms with Gasteiger partial charge >= 0.3 is 0 Å². The Hall–Kier alpha value is -1.60. The van der Waals surface area contributed by atoms with Crippen molar-refractivity contribution in [1.82, 2.24) is 15.2 Å². The van der Waals surface area contributed by atoms with Gasteiger partial charge in [0.15, 0.2) is 0 Å². The molecular formula is C10H15ClN4O3. The third kappa shape index (κ3) is 2.80. The van der Waals surface area contributed by atoms with Gasteiger partial charge in [-0.25, -0.2) is 0 Å². The Morgan fingerprint density at radius 1 is 1.67 bits per heavy atom. The minimum Gasteiger partial charge on any atom is -0.351 e. The first-order chi connectivity index (χ1) is 8.11. The number of aromatic amines is 1. The molecule has 1 saturated heterocycles. The van der Waals surface area contributed by atoms with E-state index in [0.29, 0.717) is 19.1 Å². The molecule has 1 amide bonds. The van der Waals surface area contributed by atoms with Crippen molar-refractivity contribution >= 4 is 24.0 Å². The molecular weight excluding hydrogens is 260 g/mol. The molecule has 0 aromatic carbocycles. The van der Waals surface area contributed by atoms with Crippen LogP contribution in [0.15, 0.2) is 12.3 Å². The lowest BCUT2D eigenvalue weighted by Gasteiger charge is -2.14. The number of hydrogen-bond donors (Lipinski definition) is 2. The van der Waals surface area contributed by atoms with Crippen molar-refractivity contribution in [3.63, 3.8) is 0 Å². The molecule has 1 aromatic heterocycles. The molecule has 1 atom stereocenters. The topological polar surface area (TPSA) is 91.3 Å². The summed E-state index contributed by atoms with van der Waals surface area (Å²) < 4.78 is 0. The number of nitrogens with zero attached hydrogens (tertiary/aromatic N) is 2. The summed E-state index contributed by atoms with van der Waals surface area (Å²) in [6.07, 6.45) is 2.14. The number of carbonyl (C=O) groups excluding carboxylic acids is 1. The second kappa shape index (κ2) is 5.83. The highest BCUT2D eigenvalue weighted by molar-refractivity contribution is 5.93. The molecule has 2 heterocycles. The van der Waals surface area contributed by atoms with E-state index in [4.69, 9.17) is 0 Å². The van der Waals surface area contributed by atoms with Crippen LogP contribution in [0.3, 0.4) is 0 Å². The molecule has 8 heteroatoms. The summed E-state index contributed by atoms with van der Waals surface area (Å²) in [5.41, 5.74) is 0.186. The summed E-state index contributed by atoms with van der Waals surface area (Å²) in [7, 11) is 1.86. The first-order valence-electron chi connectivity index (χ1n) is 5.41. The minimum atomic E-state index is -0.520. The fourth-order valence-corrected chi connectivity index (χ4v) is 1.96. The largest absolute Gasteiger partial charge is 0.351 e. The number of nitrogens with one attached hydrogen (secondary N) is 2. The number of halogens is 1. The zero-order chi connectivity index (χ0) is 12.4. The number of nitro groups is 1. The molecule has 0 saturated carbocycles. The molecule has 1 aliphatic heterocycles.